The molecule has 64 valence electrons. The number of Topliss-reactive ketones (excluding diaryl/α,β-unsaturated/α-hetero) is 1. The van der Waals surface area contributed by atoms with Gasteiger partial charge < -0.3 is 5.32 Å². The lowest BCUT2D eigenvalue weighted by Crippen LogP contribution is -2.33. The highest BCUT2D eigenvalue weighted by Gasteiger charge is 2.19. The van der Waals surface area contributed by atoms with Crippen molar-refractivity contribution in [3.63, 3.8) is 0 Å². The zero-order valence-corrected chi connectivity index (χ0v) is 7.31. The predicted molar refractivity (Wildman–Crippen MR) is 43.1 cm³/mol. The topological polar surface area (TPSA) is 46.2 Å². The molecule has 1 atom stereocenters. The van der Waals surface area contributed by atoms with Crippen molar-refractivity contribution < 1.29 is 9.59 Å². The molecular formula is C8H15NO2. The average molecular weight is 157 g/mol. The van der Waals surface area contributed by atoms with Crippen LogP contribution >= 0.6 is 0 Å². The van der Waals surface area contributed by atoms with Crippen molar-refractivity contribution in [3.05, 3.63) is 0 Å². The maximum atomic E-state index is 11.1. The molecule has 0 saturated carbocycles. The van der Waals surface area contributed by atoms with Crippen LogP contribution in [0.15, 0.2) is 0 Å². The summed E-state index contributed by atoms with van der Waals surface area (Å²) in [5.41, 5.74) is 0. The fourth-order valence-corrected chi connectivity index (χ4v) is 0.955. The van der Waals surface area contributed by atoms with Gasteiger partial charge in [-0.25, -0.2) is 0 Å². The molecule has 0 aromatic rings. The third-order valence-corrected chi connectivity index (χ3v) is 1.57. The maximum absolute atomic E-state index is 11.1. The molecule has 1 amide bonds. The van der Waals surface area contributed by atoms with Gasteiger partial charge in [0, 0.05) is 6.54 Å². The van der Waals surface area contributed by atoms with Crippen LogP contribution in [0.5, 0.6) is 0 Å². The van der Waals surface area contributed by atoms with E-state index in [0.717, 1.165) is 0 Å². The molecule has 0 spiro atoms. The van der Waals surface area contributed by atoms with Crippen molar-refractivity contribution in [2.24, 2.45) is 5.92 Å². The van der Waals surface area contributed by atoms with Gasteiger partial charge in [0.1, 0.15) is 5.78 Å². The molecular weight excluding hydrogens is 142 g/mol. The monoisotopic (exact) mass is 157 g/mol. The van der Waals surface area contributed by atoms with E-state index in [4.69, 9.17) is 0 Å². The van der Waals surface area contributed by atoms with Gasteiger partial charge in [0.25, 0.3) is 0 Å². The molecule has 0 aliphatic rings. The van der Waals surface area contributed by atoms with Gasteiger partial charge in [0.2, 0.25) is 5.91 Å². The van der Waals surface area contributed by atoms with Crippen LogP contribution in [0.1, 0.15) is 27.2 Å². The van der Waals surface area contributed by atoms with Gasteiger partial charge in [-0.15, -0.1) is 0 Å². The van der Waals surface area contributed by atoms with Crippen LogP contribution in [0.2, 0.25) is 0 Å². The Bertz CT molecular complexity index is 154. The van der Waals surface area contributed by atoms with Crippen molar-refractivity contribution in [2.45, 2.75) is 27.2 Å². The molecule has 0 bridgehead atoms. The fraction of sp³-hybridized carbons (Fsp3) is 0.750. The molecule has 0 heterocycles. The third-order valence-electron chi connectivity index (χ3n) is 1.57. The Kier molecular flexibility index (Phi) is 4.50. The van der Waals surface area contributed by atoms with Gasteiger partial charge in [0.15, 0.2) is 0 Å². The molecule has 3 nitrogen and oxygen atoms in total. The first-order chi connectivity index (χ1) is 5.13. The Balaban J connectivity index is 4.03. The minimum absolute atomic E-state index is 0.0570. The number of ketones is 1. The molecule has 3 heteroatoms. The van der Waals surface area contributed by atoms with Crippen molar-refractivity contribution >= 4 is 11.7 Å². The third kappa shape index (κ3) is 3.16. The summed E-state index contributed by atoms with van der Waals surface area (Å²) in [4.78, 5) is 21.9. The first-order valence-corrected chi connectivity index (χ1v) is 3.91. The van der Waals surface area contributed by atoms with Crippen LogP contribution < -0.4 is 5.32 Å². The van der Waals surface area contributed by atoms with Crippen molar-refractivity contribution in [1.29, 1.82) is 0 Å². The van der Waals surface area contributed by atoms with E-state index in [9.17, 15) is 9.59 Å². The Morgan fingerprint density at radius 3 is 2.18 bits per heavy atom. The zero-order chi connectivity index (χ0) is 8.85. The zero-order valence-electron chi connectivity index (χ0n) is 7.31. The second kappa shape index (κ2) is 4.88. The summed E-state index contributed by atoms with van der Waals surface area (Å²) in [7, 11) is 0. The highest BCUT2D eigenvalue weighted by molar-refractivity contribution is 6.00. The minimum Gasteiger partial charge on any atom is -0.356 e. The number of carbonyl (C=O) groups is 2. The van der Waals surface area contributed by atoms with E-state index in [0.29, 0.717) is 13.0 Å². The molecule has 0 aromatic heterocycles. The Labute approximate surface area is 67.2 Å². The van der Waals surface area contributed by atoms with Crippen LogP contribution in [0.25, 0.3) is 0 Å². The SMILES string of the molecule is CCNC(=O)C(CC)C(C)=O. The second-order valence-electron chi connectivity index (χ2n) is 2.47. The van der Waals surface area contributed by atoms with E-state index >= 15 is 0 Å². The van der Waals surface area contributed by atoms with E-state index in [1.807, 2.05) is 13.8 Å². The lowest BCUT2D eigenvalue weighted by Gasteiger charge is -2.09. The molecule has 0 aliphatic heterocycles. The van der Waals surface area contributed by atoms with E-state index in [-0.39, 0.29) is 11.7 Å². The summed E-state index contributed by atoms with van der Waals surface area (Å²) >= 11 is 0. The second-order valence-corrected chi connectivity index (χ2v) is 2.47. The van der Waals surface area contributed by atoms with Gasteiger partial charge >= 0.3 is 0 Å². The van der Waals surface area contributed by atoms with Crippen LogP contribution in [0.4, 0.5) is 0 Å². The Morgan fingerprint density at radius 2 is 1.91 bits per heavy atom. The van der Waals surface area contributed by atoms with Gasteiger partial charge in [0.05, 0.1) is 5.92 Å². The van der Waals surface area contributed by atoms with E-state index < -0.39 is 5.92 Å². The number of rotatable bonds is 4. The van der Waals surface area contributed by atoms with Crippen LogP contribution in [0, 0.1) is 5.92 Å². The molecule has 0 fully saturated rings. The predicted octanol–water partition coefficient (Wildman–Crippen LogP) is 0.738. The van der Waals surface area contributed by atoms with Crippen molar-refractivity contribution in [2.75, 3.05) is 6.54 Å². The standard InChI is InChI=1S/C8H15NO2/c1-4-7(6(3)10)8(11)9-5-2/h7H,4-5H2,1-3H3,(H,9,11). The molecule has 1 unspecified atom stereocenters. The fourth-order valence-electron chi connectivity index (χ4n) is 0.955. The number of amides is 1. The van der Waals surface area contributed by atoms with Crippen LogP contribution in [-0.2, 0) is 9.59 Å². The highest BCUT2D eigenvalue weighted by Crippen LogP contribution is 2.03. The molecule has 1 N–H and O–H groups in total. The number of nitrogens with one attached hydrogen (secondary N) is 1. The number of hydrogen-bond donors (Lipinski definition) is 1. The van der Waals surface area contributed by atoms with Crippen molar-refractivity contribution in [1.82, 2.24) is 5.32 Å². The first-order valence-electron chi connectivity index (χ1n) is 3.91. The average Bonchev–Trinajstić information content (AvgIpc) is 1.88. The molecule has 0 aromatic carbocycles. The van der Waals surface area contributed by atoms with E-state index in [2.05, 4.69) is 5.32 Å². The van der Waals surface area contributed by atoms with Crippen LogP contribution in [0.3, 0.4) is 0 Å². The first kappa shape index (κ1) is 10.1. The normalized spacial score (nSPS) is 12.3. The molecule has 0 radical (unpaired) electrons. The quantitative estimate of drug-likeness (QED) is 0.612. The summed E-state index contributed by atoms with van der Waals surface area (Å²) in [6, 6.07) is 0. The lowest BCUT2D eigenvalue weighted by molar-refractivity contribution is -0.132. The number of carbonyl (C=O) groups excluding carboxylic acids is 2. The van der Waals surface area contributed by atoms with Crippen LogP contribution in [-0.4, -0.2) is 18.2 Å². The van der Waals surface area contributed by atoms with E-state index in [1.54, 1.807) is 0 Å². The summed E-state index contributed by atoms with van der Waals surface area (Å²) in [5, 5.41) is 2.62. The summed E-state index contributed by atoms with van der Waals surface area (Å²) in [5.74, 6) is -0.657. The maximum Gasteiger partial charge on any atom is 0.230 e. The van der Waals surface area contributed by atoms with Gasteiger partial charge in [-0.05, 0) is 20.3 Å². The van der Waals surface area contributed by atoms with Crippen molar-refractivity contribution in [3.8, 4) is 0 Å². The Hall–Kier alpha value is -0.860. The Morgan fingerprint density at radius 1 is 1.36 bits per heavy atom. The number of hydrogen-bond acceptors (Lipinski definition) is 2. The lowest BCUT2D eigenvalue weighted by atomic mass is 10.0. The van der Waals surface area contributed by atoms with Gasteiger partial charge in [-0.2, -0.15) is 0 Å². The summed E-state index contributed by atoms with van der Waals surface area (Å²) in [6.45, 7) is 5.71. The summed E-state index contributed by atoms with van der Waals surface area (Å²) in [6.07, 6.45) is 0.584. The summed E-state index contributed by atoms with van der Waals surface area (Å²) < 4.78 is 0. The van der Waals surface area contributed by atoms with Gasteiger partial charge in [-0.1, -0.05) is 6.92 Å². The largest absolute Gasteiger partial charge is 0.356 e. The van der Waals surface area contributed by atoms with Gasteiger partial charge in [-0.3, -0.25) is 9.59 Å². The molecule has 11 heavy (non-hydrogen) atoms. The molecule has 0 rings (SSSR count). The van der Waals surface area contributed by atoms with E-state index in [1.165, 1.54) is 6.92 Å². The minimum atomic E-state index is -0.449. The highest BCUT2D eigenvalue weighted by atomic mass is 16.2. The molecule has 0 saturated heterocycles. The smallest absolute Gasteiger partial charge is 0.230 e. The molecule has 0 aliphatic carbocycles.